The van der Waals surface area contributed by atoms with Crippen LogP contribution < -0.4 is 0 Å². The lowest BCUT2D eigenvalue weighted by Gasteiger charge is -2.15. The summed E-state index contributed by atoms with van der Waals surface area (Å²) in [7, 11) is 0. The Morgan fingerprint density at radius 2 is 2.08 bits per heavy atom. The summed E-state index contributed by atoms with van der Waals surface area (Å²) >= 11 is 0. The molecule has 5 nitrogen and oxygen atoms in total. The molecule has 1 atom stereocenters. The van der Waals surface area contributed by atoms with Crippen molar-refractivity contribution in [3.05, 3.63) is 66.0 Å². The molecule has 1 aromatic carbocycles. The molecule has 2 aromatic heterocycles. The summed E-state index contributed by atoms with van der Waals surface area (Å²) in [5.74, 6) is 2.02. The van der Waals surface area contributed by atoms with Crippen LogP contribution in [0.25, 0.3) is 11.4 Å². The number of pyridine rings is 1. The number of aromatic nitrogens is 4. The van der Waals surface area contributed by atoms with Crippen LogP contribution in [0.3, 0.4) is 0 Å². The van der Waals surface area contributed by atoms with Gasteiger partial charge in [-0.3, -0.25) is 15.0 Å². The molecule has 25 heavy (non-hydrogen) atoms. The molecule has 3 aromatic rings. The van der Waals surface area contributed by atoms with Crippen LogP contribution in [-0.4, -0.2) is 38.2 Å². The minimum atomic E-state index is -0.168. The van der Waals surface area contributed by atoms with Crippen LogP contribution in [0.1, 0.15) is 17.8 Å². The van der Waals surface area contributed by atoms with Crippen LogP contribution in [0.15, 0.2) is 48.8 Å². The highest BCUT2D eigenvalue weighted by Gasteiger charge is 2.24. The monoisotopic (exact) mass is 337 g/mol. The quantitative estimate of drug-likeness (QED) is 0.777. The van der Waals surface area contributed by atoms with E-state index < -0.39 is 0 Å². The minimum absolute atomic E-state index is 0.168. The van der Waals surface area contributed by atoms with Gasteiger partial charge in [-0.05, 0) is 48.7 Å². The Morgan fingerprint density at radius 1 is 1.20 bits per heavy atom. The first-order chi connectivity index (χ1) is 12.3. The van der Waals surface area contributed by atoms with Gasteiger partial charge in [-0.2, -0.15) is 5.10 Å². The molecule has 1 aliphatic rings. The van der Waals surface area contributed by atoms with Gasteiger partial charge >= 0.3 is 0 Å². The maximum atomic E-state index is 13.3. The van der Waals surface area contributed by atoms with Crippen LogP contribution in [0, 0.1) is 11.7 Å². The molecule has 4 rings (SSSR count). The first kappa shape index (κ1) is 15.9. The predicted octanol–water partition coefficient (Wildman–Crippen LogP) is 3.07. The number of benzene rings is 1. The maximum absolute atomic E-state index is 13.3. The molecular weight excluding hydrogens is 317 g/mol. The van der Waals surface area contributed by atoms with Gasteiger partial charge in [0.05, 0.1) is 0 Å². The molecule has 128 valence electrons. The highest BCUT2D eigenvalue weighted by atomic mass is 19.1. The van der Waals surface area contributed by atoms with E-state index in [0.29, 0.717) is 11.7 Å². The Morgan fingerprint density at radius 3 is 2.92 bits per heavy atom. The normalized spacial score (nSPS) is 17.9. The van der Waals surface area contributed by atoms with Gasteiger partial charge in [-0.15, -0.1) is 0 Å². The van der Waals surface area contributed by atoms with E-state index in [9.17, 15) is 4.39 Å². The number of nitrogens with zero attached hydrogens (tertiary/aromatic N) is 4. The third-order valence-corrected chi connectivity index (χ3v) is 4.62. The molecule has 6 heteroatoms. The van der Waals surface area contributed by atoms with E-state index in [1.54, 1.807) is 24.5 Å². The molecular formula is C19H20FN5. The highest BCUT2D eigenvalue weighted by Crippen LogP contribution is 2.22. The average Bonchev–Trinajstić information content (AvgIpc) is 3.26. The number of rotatable bonds is 5. The molecule has 0 bridgehead atoms. The lowest BCUT2D eigenvalue weighted by atomic mass is 10.0. The topological polar surface area (TPSA) is 57.7 Å². The van der Waals surface area contributed by atoms with Crippen molar-refractivity contribution in [2.75, 3.05) is 13.1 Å². The second-order valence-corrected chi connectivity index (χ2v) is 6.57. The van der Waals surface area contributed by atoms with Crippen molar-refractivity contribution in [2.45, 2.75) is 19.4 Å². The fourth-order valence-electron chi connectivity index (χ4n) is 3.41. The first-order valence-corrected chi connectivity index (χ1v) is 8.55. The number of H-pyrrole nitrogens is 1. The molecule has 1 N–H and O–H groups in total. The SMILES string of the molecule is Fc1cccc(CN2CCC(Cc3nc(-c4ccncc4)n[nH]3)C2)c1. The second-order valence-electron chi connectivity index (χ2n) is 6.57. The van der Waals surface area contributed by atoms with Crippen molar-refractivity contribution in [3.63, 3.8) is 0 Å². The zero-order chi connectivity index (χ0) is 17.1. The van der Waals surface area contributed by atoms with Gasteiger partial charge < -0.3 is 0 Å². The molecule has 1 fully saturated rings. The van der Waals surface area contributed by atoms with E-state index in [1.807, 2.05) is 18.2 Å². The third-order valence-electron chi connectivity index (χ3n) is 4.62. The average molecular weight is 337 g/mol. The fraction of sp³-hybridized carbons (Fsp3) is 0.316. The highest BCUT2D eigenvalue weighted by molar-refractivity contribution is 5.52. The van der Waals surface area contributed by atoms with E-state index >= 15 is 0 Å². The van der Waals surface area contributed by atoms with Gasteiger partial charge in [0.25, 0.3) is 0 Å². The molecule has 3 heterocycles. The number of aromatic amines is 1. The van der Waals surface area contributed by atoms with Gasteiger partial charge in [0, 0.05) is 37.5 Å². The van der Waals surface area contributed by atoms with E-state index in [1.165, 1.54) is 6.07 Å². The lowest BCUT2D eigenvalue weighted by molar-refractivity contribution is 0.315. The van der Waals surface area contributed by atoms with Gasteiger partial charge in [-0.1, -0.05) is 12.1 Å². The molecule has 1 saturated heterocycles. The van der Waals surface area contributed by atoms with E-state index in [0.717, 1.165) is 49.4 Å². The number of hydrogen-bond acceptors (Lipinski definition) is 4. The van der Waals surface area contributed by atoms with Crippen molar-refractivity contribution in [3.8, 4) is 11.4 Å². The molecule has 0 aliphatic carbocycles. The molecule has 1 unspecified atom stereocenters. The minimum Gasteiger partial charge on any atom is -0.299 e. The zero-order valence-electron chi connectivity index (χ0n) is 13.9. The van der Waals surface area contributed by atoms with Gasteiger partial charge in [0.15, 0.2) is 5.82 Å². The summed E-state index contributed by atoms with van der Waals surface area (Å²) in [6, 6.07) is 10.7. The lowest BCUT2D eigenvalue weighted by Crippen LogP contribution is -2.20. The Labute approximate surface area is 145 Å². The van der Waals surface area contributed by atoms with Crippen molar-refractivity contribution < 1.29 is 4.39 Å². The standard InChI is InChI=1S/C19H20FN5/c20-17-3-1-2-14(10-17)12-25-9-6-15(13-25)11-18-22-19(24-23-18)16-4-7-21-8-5-16/h1-5,7-8,10,15H,6,9,11-13H2,(H,22,23,24). The van der Waals surface area contributed by atoms with Gasteiger partial charge in [0.1, 0.15) is 11.6 Å². The molecule has 1 aliphatic heterocycles. The van der Waals surface area contributed by atoms with E-state index in [2.05, 4.69) is 25.1 Å². The Bertz CT molecular complexity index is 833. The first-order valence-electron chi connectivity index (χ1n) is 8.55. The Kier molecular flexibility index (Phi) is 4.52. The number of likely N-dealkylation sites (tertiary alicyclic amines) is 1. The van der Waals surface area contributed by atoms with E-state index in [4.69, 9.17) is 0 Å². The number of hydrogen-bond donors (Lipinski definition) is 1. The smallest absolute Gasteiger partial charge is 0.181 e. The van der Waals surface area contributed by atoms with Crippen molar-refractivity contribution in [2.24, 2.45) is 5.92 Å². The van der Waals surface area contributed by atoms with Crippen LogP contribution in [0.4, 0.5) is 4.39 Å². The zero-order valence-corrected chi connectivity index (χ0v) is 13.9. The van der Waals surface area contributed by atoms with Crippen LogP contribution in [-0.2, 0) is 13.0 Å². The Balaban J connectivity index is 1.34. The van der Waals surface area contributed by atoms with Gasteiger partial charge in [0.2, 0.25) is 0 Å². The summed E-state index contributed by atoms with van der Waals surface area (Å²) in [5.41, 5.74) is 2.00. The fourth-order valence-corrected chi connectivity index (χ4v) is 3.41. The summed E-state index contributed by atoms with van der Waals surface area (Å²) in [5, 5.41) is 7.36. The van der Waals surface area contributed by atoms with E-state index in [-0.39, 0.29) is 5.82 Å². The summed E-state index contributed by atoms with van der Waals surface area (Å²) < 4.78 is 13.3. The number of nitrogens with one attached hydrogen (secondary N) is 1. The van der Waals surface area contributed by atoms with Gasteiger partial charge in [-0.25, -0.2) is 9.37 Å². The van der Waals surface area contributed by atoms with Crippen molar-refractivity contribution >= 4 is 0 Å². The number of halogens is 1. The molecule has 0 radical (unpaired) electrons. The maximum Gasteiger partial charge on any atom is 0.181 e. The molecule has 0 spiro atoms. The van der Waals surface area contributed by atoms with Crippen molar-refractivity contribution in [1.29, 1.82) is 0 Å². The Hall–Kier alpha value is -2.60. The predicted molar refractivity (Wildman–Crippen MR) is 93.1 cm³/mol. The largest absolute Gasteiger partial charge is 0.299 e. The summed E-state index contributed by atoms with van der Waals surface area (Å²) in [6.45, 7) is 2.83. The van der Waals surface area contributed by atoms with Crippen LogP contribution in [0.2, 0.25) is 0 Å². The molecule has 0 saturated carbocycles. The third kappa shape index (κ3) is 3.91. The summed E-state index contributed by atoms with van der Waals surface area (Å²) in [6.07, 6.45) is 5.50. The van der Waals surface area contributed by atoms with Crippen LogP contribution in [0.5, 0.6) is 0 Å². The molecule has 0 amide bonds. The van der Waals surface area contributed by atoms with Crippen molar-refractivity contribution in [1.82, 2.24) is 25.1 Å². The summed E-state index contributed by atoms with van der Waals surface area (Å²) in [4.78, 5) is 11.0. The second kappa shape index (κ2) is 7.11. The van der Waals surface area contributed by atoms with Crippen LogP contribution >= 0.6 is 0 Å².